The lowest BCUT2D eigenvalue weighted by molar-refractivity contribution is 1.07. The molecule has 0 bridgehead atoms. The van der Waals surface area contributed by atoms with Crippen LogP contribution in [0.5, 0.6) is 0 Å². The van der Waals surface area contributed by atoms with Crippen molar-refractivity contribution >= 4 is 43.4 Å². The molecule has 0 amide bonds. The minimum absolute atomic E-state index is 0.647. The normalized spacial score (nSPS) is 11.5. The van der Waals surface area contributed by atoms with Gasteiger partial charge >= 0.3 is 0 Å². The molecule has 0 aliphatic carbocycles. The van der Waals surface area contributed by atoms with Crippen LogP contribution in [0.15, 0.2) is 182 Å². The van der Waals surface area contributed by atoms with Crippen LogP contribution in [-0.2, 0) is 0 Å². The van der Waals surface area contributed by atoms with E-state index >= 15 is 0 Å². The lowest BCUT2D eigenvalue weighted by atomic mass is 9.97. The summed E-state index contributed by atoms with van der Waals surface area (Å²) in [6.45, 7) is 0. The van der Waals surface area contributed by atoms with Crippen molar-refractivity contribution in [2.75, 3.05) is 0 Å². The Hall–Kier alpha value is -6.91. The van der Waals surface area contributed by atoms with Crippen LogP contribution in [0.25, 0.3) is 94.3 Å². The largest absolute Gasteiger partial charge is 0.309 e. The summed E-state index contributed by atoms with van der Waals surface area (Å²) in [5.74, 6) is 1.96. The molecule has 0 aliphatic heterocycles. The summed E-state index contributed by atoms with van der Waals surface area (Å²) in [4.78, 5) is 14.8. The van der Waals surface area contributed by atoms with Crippen molar-refractivity contribution in [1.82, 2.24) is 19.5 Å². The molecule has 0 unspecified atom stereocenters. The Morgan fingerprint density at radius 3 is 1.65 bits per heavy atom. The minimum Gasteiger partial charge on any atom is -0.309 e. The van der Waals surface area contributed by atoms with Gasteiger partial charge in [0.05, 0.1) is 16.7 Å². The fourth-order valence-corrected chi connectivity index (χ4v) is 7.42. The Morgan fingerprint density at radius 1 is 0.314 bits per heavy atom. The number of para-hydroxylation sites is 1. The van der Waals surface area contributed by atoms with Crippen molar-refractivity contribution in [2.24, 2.45) is 0 Å². The molecule has 0 aliphatic rings. The summed E-state index contributed by atoms with van der Waals surface area (Å²) >= 11 is 0. The lowest BCUT2D eigenvalue weighted by Gasteiger charge is -2.12. The molecule has 0 atom stereocenters. The Balaban J connectivity index is 1.11. The fourth-order valence-electron chi connectivity index (χ4n) is 7.42. The van der Waals surface area contributed by atoms with Crippen LogP contribution in [0, 0.1) is 0 Å². The first-order chi connectivity index (χ1) is 25.3. The molecular formula is C47H30N4. The minimum atomic E-state index is 0.647. The highest BCUT2D eigenvalue weighted by molar-refractivity contribution is 6.22. The van der Waals surface area contributed by atoms with Gasteiger partial charge in [-0.3, -0.25) is 0 Å². The highest BCUT2D eigenvalue weighted by Gasteiger charge is 2.17. The molecule has 238 valence electrons. The number of hydrogen-bond acceptors (Lipinski definition) is 3. The van der Waals surface area contributed by atoms with Crippen LogP contribution in [0.2, 0.25) is 0 Å². The molecule has 8 aromatic carbocycles. The standard InChI is InChI=1S/C47H30N4/c1-3-14-32(15-4-1)45-48-46(33-16-5-2-6-17-33)50-47(49-45)37-20-11-19-34(30-37)35-25-27-39-36(29-35)26-28-43-44(39)40-22-9-10-23-42(40)51(43)41-24-12-18-31-13-7-8-21-38(31)41/h1-30H. The van der Waals surface area contributed by atoms with Gasteiger partial charge in [0.25, 0.3) is 0 Å². The Labute approximate surface area is 295 Å². The molecule has 0 saturated carbocycles. The third-order valence-electron chi connectivity index (χ3n) is 9.81. The molecule has 10 aromatic rings. The zero-order valence-corrected chi connectivity index (χ0v) is 27.6. The number of nitrogens with zero attached hydrogens (tertiary/aromatic N) is 4. The van der Waals surface area contributed by atoms with Gasteiger partial charge in [-0.2, -0.15) is 0 Å². The van der Waals surface area contributed by atoms with Crippen LogP contribution in [0.1, 0.15) is 0 Å². The molecule has 0 N–H and O–H groups in total. The average Bonchev–Trinajstić information content (AvgIpc) is 3.55. The van der Waals surface area contributed by atoms with Gasteiger partial charge in [0, 0.05) is 32.8 Å². The van der Waals surface area contributed by atoms with Gasteiger partial charge in [-0.1, -0.05) is 152 Å². The SMILES string of the molecule is c1ccc(-c2nc(-c3ccccc3)nc(-c3cccc(-c4ccc5c(ccc6c5c5ccccc5n6-c5cccc6ccccc56)c4)c3)n2)cc1. The summed E-state index contributed by atoms with van der Waals surface area (Å²) < 4.78 is 2.42. The van der Waals surface area contributed by atoms with Gasteiger partial charge in [-0.25, -0.2) is 15.0 Å². The fraction of sp³-hybridized carbons (Fsp3) is 0. The second-order valence-electron chi connectivity index (χ2n) is 12.9. The number of aromatic nitrogens is 4. The lowest BCUT2D eigenvalue weighted by Crippen LogP contribution is -2.00. The second-order valence-corrected chi connectivity index (χ2v) is 12.9. The third kappa shape index (κ3) is 4.96. The molecule has 51 heavy (non-hydrogen) atoms. The topological polar surface area (TPSA) is 43.6 Å². The van der Waals surface area contributed by atoms with Crippen LogP contribution >= 0.6 is 0 Å². The molecule has 2 aromatic heterocycles. The van der Waals surface area contributed by atoms with Gasteiger partial charge in [0.15, 0.2) is 17.5 Å². The van der Waals surface area contributed by atoms with Crippen LogP contribution < -0.4 is 0 Å². The van der Waals surface area contributed by atoms with Crippen molar-refractivity contribution in [2.45, 2.75) is 0 Å². The van der Waals surface area contributed by atoms with Crippen LogP contribution in [0.3, 0.4) is 0 Å². The van der Waals surface area contributed by atoms with E-state index in [0.717, 1.165) is 27.8 Å². The molecule has 0 saturated heterocycles. The predicted octanol–water partition coefficient (Wildman–Crippen LogP) is 11.9. The first kappa shape index (κ1) is 29.0. The zero-order valence-electron chi connectivity index (χ0n) is 27.6. The van der Waals surface area contributed by atoms with Gasteiger partial charge in [-0.05, 0) is 57.6 Å². The molecular weight excluding hydrogens is 621 g/mol. The molecule has 0 fully saturated rings. The summed E-state index contributed by atoms with van der Waals surface area (Å²) in [6, 6.07) is 64.0. The van der Waals surface area contributed by atoms with Crippen molar-refractivity contribution in [1.29, 1.82) is 0 Å². The van der Waals surface area contributed by atoms with E-state index in [-0.39, 0.29) is 0 Å². The molecule has 2 heterocycles. The van der Waals surface area contributed by atoms with Gasteiger partial charge in [-0.15, -0.1) is 0 Å². The smallest absolute Gasteiger partial charge is 0.164 e. The van der Waals surface area contributed by atoms with E-state index in [1.54, 1.807) is 0 Å². The zero-order chi connectivity index (χ0) is 33.7. The maximum absolute atomic E-state index is 4.97. The number of rotatable bonds is 5. The third-order valence-corrected chi connectivity index (χ3v) is 9.81. The number of fused-ring (bicyclic) bond motifs is 6. The van der Waals surface area contributed by atoms with E-state index in [0.29, 0.717) is 17.5 Å². The van der Waals surface area contributed by atoms with E-state index in [1.165, 1.54) is 49.0 Å². The quantitative estimate of drug-likeness (QED) is 0.186. The van der Waals surface area contributed by atoms with Crippen LogP contribution in [0.4, 0.5) is 0 Å². The maximum atomic E-state index is 4.97. The molecule has 4 heteroatoms. The number of benzene rings is 8. The highest BCUT2D eigenvalue weighted by Crippen LogP contribution is 2.39. The van der Waals surface area contributed by atoms with E-state index < -0.39 is 0 Å². The Kier molecular flexibility index (Phi) is 6.78. The van der Waals surface area contributed by atoms with Crippen molar-refractivity contribution in [3.63, 3.8) is 0 Å². The predicted molar refractivity (Wildman–Crippen MR) is 211 cm³/mol. The molecule has 4 nitrogen and oxygen atoms in total. The van der Waals surface area contributed by atoms with E-state index in [4.69, 9.17) is 15.0 Å². The van der Waals surface area contributed by atoms with Crippen LogP contribution in [-0.4, -0.2) is 19.5 Å². The maximum Gasteiger partial charge on any atom is 0.164 e. The summed E-state index contributed by atoms with van der Waals surface area (Å²) in [7, 11) is 0. The highest BCUT2D eigenvalue weighted by atomic mass is 15.0. The van der Waals surface area contributed by atoms with Gasteiger partial charge < -0.3 is 4.57 Å². The first-order valence-corrected chi connectivity index (χ1v) is 17.2. The Morgan fingerprint density at radius 2 is 0.882 bits per heavy atom. The average molecular weight is 651 g/mol. The summed E-state index contributed by atoms with van der Waals surface area (Å²) in [6.07, 6.45) is 0. The summed E-state index contributed by atoms with van der Waals surface area (Å²) in [5.41, 5.74) is 8.70. The molecule has 10 rings (SSSR count). The summed E-state index contributed by atoms with van der Waals surface area (Å²) in [5, 5.41) is 7.42. The van der Waals surface area contributed by atoms with Crippen molar-refractivity contribution in [3.05, 3.63) is 182 Å². The molecule has 0 radical (unpaired) electrons. The van der Waals surface area contributed by atoms with Gasteiger partial charge in [0.1, 0.15) is 0 Å². The Bertz CT molecular complexity index is 2850. The van der Waals surface area contributed by atoms with E-state index in [9.17, 15) is 0 Å². The van der Waals surface area contributed by atoms with E-state index in [2.05, 4.69) is 126 Å². The molecule has 0 spiro atoms. The van der Waals surface area contributed by atoms with Crippen molar-refractivity contribution in [3.8, 4) is 51.0 Å². The number of hydrogen-bond donors (Lipinski definition) is 0. The first-order valence-electron chi connectivity index (χ1n) is 17.2. The van der Waals surface area contributed by atoms with E-state index in [1.807, 2.05) is 60.7 Å². The van der Waals surface area contributed by atoms with Gasteiger partial charge in [0.2, 0.25) is 0 Å². The second kappa shape index (κ2) is 11.9. The monoisotopic (exact) mass is 650 g/mol. The van der Waals surface area contributed by atoms with Crippen molar-refractivity contribution < 1.29 is 0 Å².